The van der Waals surface area contributed by atoms with E-state index in [0.29, 0.717) is 22.5 Å². The predicted molar refractivity (Wildman–Crippen MR) is 320 cm³/mol. The molecule has 0 amide bonds. The Morgan fingerprint density at radius 3 is 0.987 bits per heavy atom. The standard InChI is InChI=1S/C68H40N6S2/c69-41-43-34-62(74-60-32-30-50(72(47-21-9-3-10-22-47)48-23-11-4-12-24-48)36-54(60)56-38-58-52-26-14-16-28-66(52)76-68(58)40-64(56)74)44(42-70)33-61(43)73-59-31-29-49(71(45-17-5-1-6-18-45)46-19-7-2-8-20-46)35-53(59)55-37-57-51-25-13-15-27-65(51)75-67(57)39-63(55)73/h1-40H. The molecule has 0 bridgehead atoms. The summed E-state index contributed by atoms with van der Waals surface area (Å²) < 4.78 is 9.15. The summed E-state index contributed by atoms with van der Waals surface area (Å²) in [5.41, 5.74) is 12.2. The Labute approximate surface area is 444 Å². The number of benzene rings is 11. The Morgan fingerprint density at radius 2 is 0.618 bits per heavy atom. The first-order valence-electron chi connectivity index (χ1n) is 25.2. The first-order chi connectivity index (χ1) is 37.6. The SMILES string of the molecule is N#Cc1cc(-n2c3ccc(N(c4ccccc4)c4ccccc4)cc3c3cc4c(cc32)sc2ccccc24)c(C#N)cc1-n1c2ccc(N(c3ccccc3)c3ccccc3)cc2c2cc3c(cc21)sc1ccccc13. The molecule has 0 fully saturated rings. The molecule has 0 aliphatic rings. The van der Waals surface area contributed by atoms with Crippen molar-refractivity contribution in [1.29, 1.82) is 10.5 Å². The molecule has 0 saturated heterocycles. The van der Waals surface area contributed by atoms with Gasteiger partial charge in [-0.3, -0.25) is 0 Å². The molecule has 0 saturated carbocycles. The van der Waals surface area contributed by atoms with Gasteiger partial charge in [0, 0.05) is 96.0 Å². The Balaban J connectivity index is 0.986. The van der Waals surface area contributed by atoms with Crippen LogP contribution < -0.4 is 9.80 Å². The number of fused-ring (bicyclic) bond motifs is 12. The zero-order valence-corrected chi connectivity index (χ0v) is 42.2. The maximum absolute atomic E-state index is 11.5. The molecule has 15 aromatic rings. The smallest absolute Gasteiger partial charge is 0.101 e. The van der Waals surface area contributed by atoms with Gasteiger partial charge >= 0.3 is 0 Å². The summed E-state index contributed by atoms with van der Waals surface area (Å²) in [5.74, 6) is 0. The topological polar surface area (TPSA) is 63.9 Å². The predicted octanol–water partition coefficient (Wildman–Crippen LogP) is 19.3. The first-order valence-corrected chi connectivity index (χ1v) is 26.8. The van der Waals surface area contributed by atoms with Crippen molar-refractivity contribution >= 4 is 141 Å². The third-order valence-electron chi connectivity index (χ3n) is 14.9. The number of rotatable bonds is 8. The van der Waals surface area contributed by atoms with E-state index in [1.165, 1.54) is 30.9 Å². The van der Waals surface area contributed by atoms with Gasteiger partial charge < -0.3 is 18.9 Å². The van der Waals surface area contributed by atoms with Crippen molar-refractivity contribution in [2.24, 2.45) is 0 Å². The minimum absolute atomic E-state index is 0.456. The minimum Gasteiger partial charge on any atom is -0.310 e. The summed E-state index contributed by atoms with van der Waals surface area (Å²) in [6.45, 7) is 0. The van der Waals surface area contributed by atoms with E-state index in [9.17, 15) is 10.5 Å². The summed E-state index contributed by atoms with van der Waals surface area (Å²) in [6.07, 6.45) is 0. The van der Waals surface area contributed by atoms with Crippen molar-refractivity contribution in [1.82, 2.24) is 9.13 Å². The van der Waals surface area contributed by atoms with Crippen LogP contribution >= 0.6 is 22.7 Å². The van der Waals surface area contributed by atoms with Gasteiger partial charge in [0.1, 0.15) is 12.1 Å². The summed E-state index contributed by atoms with van der Waals surface area (Å²) in [6, 6.07) is 90.6. The Hall–Kier alpha value is -9.96. The largest absolute Gasteiger partial charge is 0.310 e. The Morgan fingerprint density at radius 1 is 0.276 bits per heavy atom. The molecule has 0 radical (unpaired) electrons. The van der Waals surface area contributed by atoms with Crippen LogP contribution in [-0.2, 0) is 0 Å². The molecule has 4 heterocycles. The normalized spacial score (nSPS) is 11.7. The number of nitriles is 2. The fraction of sp³-hybridized carbons (Fsp3) is 0. The lowest BCUT2D eigenvalue weighted by Crippen LogP contribution is -2.09. The van der Waals surface area contributed by atoms with E-state index in [2.05, 4.69) is 237 Å². The van der Waals surface area contributed by atoms with Gasteiger partial charge in [-0.05, 0) is 133 Å². The fourth-order valence-electron chi connectivity index (χ4n) is 11.6. The first kappa shape index (κ1) is 43.6. The van der Waals surface area contributed by atoms with Gasteiger partial charge in [-0.2, -0.15) is 10.5 Å². The molecule has 76 heavy (non-hydrogen) atoms. The molecule has 0 atom stereocenters. The summed E-state index contributed by atoms with van der Waals surface area (Å²) in [7, 11) is 0. The Bertz CT molecular complexity index is 4510. The van der Waals surface area contributed by atoms with E-state index in [0.717, 1.165) is 87.1 Å². The maximum atomic E-state index is 11.5. The number of nitrogens with zero attached hydrogens (tertiary/aromatic N) is 6. The zero-order chi connectivity index (χ0) is 50.4. The third-order valence-corrected chi connectivity index (χ3v) is 17.2. The second-order valence-electron chi connectivity index (χ2n) is 19.1. The number of hydrogen-bond donors (Lipinski definition) is 0. The van der Waals surface area contributed by atoms with Crippen LogP contribution in [0.1, 0.15) is 11.1 Å². The van der Waals surface area contributed by atoms with E-state index in [-0.39, 0.29) is 0 Å². The Kier molecular flexibility index (Phi) is 9.95. The average Bonchev–Trinajstić information content (AvgIpc) is 4.33. The highest BCUT2D eigenvalue weighted by molar-refractivity contribution is 7.26. The number of thiophene rings is 2. The lowest BCUT2D eigenvalue weighted by Gasteiger charge is -2.25. The summed E-state index contributed by atoms with van der Waals surface area (Å²) >= 11 is 3.54. The van der Waals surface area contributed by atoms with Crippen molar-refractivity contribution in [3.63, 3.8) is 0 Å². The average molecular weight is 1010 g/mol. The number of anilines is 6. The second kappa shape index (κ2) is 17.3. The molecule has 11 aromatic carbocycles. The molecule has 354 valence electrons. The van der Waals surface area contributed by atoms with Crippen LogP contribution in [0, 0.1) is 22.7 Å². The van der Waals surface area contributed by atoms with Crippen LogP contribution in [0.4, 0.5) is 34.1 Å². The number of para-hydroxylation sites is 4. The fourth-order valence-corrected chi connectivity index (χ4v) is 13.8. The molecular formula is C68H40N6S2. The van der Waals surface area contributed by atoms with Gasteiger partial charge in [-0.15, -0.1) is 22.7 Å². The lowest BCUT2D eigenvalue weighted by atomic mass is 10.1. The highest BCUT2D eigenvalue weighted by Crippen LogP contribution is 2.47. The monoisotopic (exact) mass is 1000 g/mol. The third kappa shape index (κ3) is 6.76. The molecule has 8 heteroatoms. The molecule has 0 spiro atoms. The van der Waals surface area contributed by atoms with Gasteiger partial charge in [0.05, 0.1) is 44.6 Å². The molecule has 6 nitrogen and oxygen atoms in total. The highest BCUT2D eigenvalue weighted by Gasteiger charge is 2.25. The minimum atomic E-state index is 0.456. The van der Waals surface area contributed by atoms with E-state index >= 15 is 0 Å². The summed E-state index contributed by atoms with van der Waals surface area (Å²) in [4.78, 5) is 4.57. The zero-order valence-electron chi connectivity index (χ0n) is 40.6. The van der Waals surface area contributed by atoms with E-state index in [1.807, 2.05) is 36.4 Å². The summed E-state index contributed by atoms with van der Waals surface area (Å²) in [5, 5.41) is 32.0. The van der Waals surface area contributed by atoms with Crippen LogP contribution in [0.25, 0.3) is 95.3 Å². The molecule has 15 rings (SSSR count). The van der Waals surface area contributed by atoms with Crippen molar-refractivity contribution in [2.45, 2.75) is 0 Å². The van der Waals surface area contributed by atoms with Crippen LogP contribution in [0.2, 0.25) is 0 Å². The second-order valence-corrected chi connectivity index (χ2v) is 21.3. The molecule has 0 aliphatic carbocycles. The van der Waals surface area contributed by atoms with Gasteiger partial charge in [0.15, 0.2) is 0 Å². The molecule has 0 aliphatic heterocycles. The molecule has 0 unspecified atom stereocenters. The van der Waals surface area contributed by atoms with Crippen molar-refractivity contribution < 1.29 is 0 Å². The van der Waals surface area contributed by atoms with Crippen LogP contribution in [0.15, 0.2) is 243 Å². The molecule has 4 aromatic heterocycles. The van der Waals surface area contributed by atoms with Gasteiger partial charge in [0.2, 0.25) is 0 Å². The van der Waals surface area contributed by atoms with Crippen LogP contribution in [0.3, 0.4) is 0 Å². The molecule has 0 N–H and O–H groups in total. The number of aromatic nitrogens is 2. The van der Waals surface area contributed by atoms with Crippen molar-refractivity contribution in [2.75, 3.05) is 9.80 Å². The maximum Gasteiger partial charge on any atom is 0.101 e. The van der Waals surface area contributed by atoms with Gasteiger partial charge in [-0.1, -0.05) is 109 Å². The van der Waals surface area contributed by atoms with Crippen molar-refractivity contribution in [3.8, 4) is 23.5 Å². The van der Waals surface area contributed by atoms with Gasteiger partial charge in [-0.25, -0.2) is 0 Å². The van der Waals surface area contributed by atoms with E-state index in [4.69, 9.17) is 0 Å². The van der Waals surface area contributed by atoms with Crippen LogP contribution in [-0.4, -0.2) is 9.13 Å². The highest BCUT2D eigenvalue weighted by atomic mass is 32.1. The lowest BCUT2D eigenvalue weighted by molar-refractivity contribution is 1.12. The van der Waals surface area contributed by atoms with Gasteiger partial charge in [0.25, 0.3) is 0 Å². The van der Waals surface area contributed by atoms with E-state index < -0.39 is 0 Å². The molecular weight excluding hydrogens is 965 g/mol. The van der Waals surface area contributed by atoms with Crippen LogP contribution in [0.5, 0.6) is 0 Å². The van der Waals surface area contributed by atoms with E-state index in [1.54, 1.807) is 22.7 Å². The number of hydrogen-bond acceptors (Lipinski definition) is 6. The quantitative estimate of drug-likeness (QED) is 0.152. The van der Waals surface area contributed by atoms with Crippen molar-refractivity contribution in [3.05, 3.63) is 254 Å².